The third-order valence-electron chi connectivity index (χ3n) is 10.2. The van der Waals surface area contributed by atoms with Crippen LogP contribution in [0, 0.1) is 17.8 Å². The Balaban J connectivity index is 1.68. The molecule has 15 heteroatoms. The number of esters is 1. The smallest absolute Gasteiger partial charge is 0.333 e. The molecular formula is C45H61N5O10. The van der Waals surface area contributed by atoms with Crippen LogP contribution >= 0.6 is 0 Å². The van der Waals surface area contributed by atoms with Gasteiger partial charge in [0.05, 0.1) is 18.5 Å². The number of ketones is 1. The zero-order chi connectivity index (χ0) is 44.0. The summed E-state index contributed by atoms with van der Waals surface area (Å²) in [5, 5.41) is 22.7. The van der Waals surface area contributed by atoms with Gasteiger partial charge in [0.1, 0.15) is 18.7 Å². The van der Waals surface area contributed by atoms with Crippen LogP contribution in [0.15, 0.2) is 72.8 Å². The van der Waals surface area contributed by atoms with Crippen LogP contribution in [0.1, 0.15) is 109 Å². The molecule has 2 aromatic rings. The van der Waals surface area contributed by atoms with Crippen molar-refractivity contribution in [3.05, 3.63) is 83.9 Å². The van der Waals surface area contributed by atoms with Crippen LogP contribution in [0.2, 0.25) is 0 Å². The molecule has 60 heavy (non-hydrogen) atoms. The number of carboxylic acids is 1. The fraction of sp³-hybridized carbons (Fsp3) is 0.511. The molecule has 0 saturated heterocycles. The van der Waals surface area contributed by atoms with E-state index < -0.39 is 83.9 Å². The molecule has 0 aromatic heterocycles. The average Bonchev–Trinajstić information content (AvgIpc) is 3.24. The van der Waals surface area contributed by atoms with Crippen LogP contribution in [0.3, 0.4) is 0 Å². The number of aliphatic carboxylic acids is 1. The third kappa shape index (κ3) is 16.4. The van der Waals surface area contributed by atoms with Crippen LogP contribution in [-0.4, -0.2) is 77.0 Å². The van der Waals surface area contributed by atoms with E-state index in [2.05, 4.69) is 26.6 Å². The van der Waals surface area contributed by atoms with Crippen molar-refractivity contribution in [2.24, 2.45) is 17.8 Å². The molecule has 326 valence electrons. The van der Waals surface area contributed by atoms with Crippen molar-refractivity contribution in [2.45, 2.75) is 123 Å². The minimum atomic E-state index is -1.29. The molecule has 2 aromatic carbocycles. The molecule has 0 spiro atoms. The number of ether oxygens (including phenoxy) is 1. The Kier molecular flexibility index (Phi) is 20.7. The maximum Gasteiger partial charge on any atom is 0.333 e. The minimum absolute atomic E-state index is 0.0274. The second-order valence-corrected chi connectivity index (χ2v) is 15.6. The number of carboxylic acid groups (broad SMARTS) is 1. The molecule has 1 saturated carbocycles. The predicted molar refractivity (Wildman–Crippen MR) is 223 cm³/mol. The van der Waals surface area contributed by atoms with Crippen LogP contribution in [0.25, 0.3) is 0 Å². The topological polar surface area (TPSA) is 226 Å². The van der Waals surface area contributed by atoms with Crippen molar-refractivity contribution in [2.75, 3.05) is 6.54 Å². The highest BCUT2D eigenvalue weighted by Gasteiger charge is 2.36. The average molecular weight is 832 g/mol. The Morgan fingerprint density at radius 1 is 0.800 bits per heavy atom. The summed E-state index contributed by atoms with van der Waals surface area (Å²) in [6.07, 6.45) is 7.83. The normalized spacial score (nSPS) is 15.4. The molecule has 0 aliphatic heterocycles. The number of carbonyl (C=O) groups is 8. The maximum atomic E-state index is 13.9. The van der Waals surface area contributed by atoms with E-state index in [1.165, 1.54) is 0 Å². The van der Waals surface area contributed by atoms with Gasteiger partial charge in [-0.1, -0.05) is 119 Å². The van der Waals surface area contributed by atoms with Crippen molar-refractivity contribution in [3.63, 3.8) is 0 Å². The number of hydrogen-bond donors (Lipinski definition) is 6. The van der Waals surface area contributed by atoms with Crippen molar-refractivity contribution in [3.8, 4) is 0 Å². The number of nitrogens with one attached hydrogen (secondary N) is 5. The number of benzene rings is 2. The third-order valence-corrected chi connectivity index (χ3v) is 10.2. The van der Waals surface area contributed by atoms with Crippen LogP contribution in [0.4, 0.5) is 0 Å². The van der Waals surface area contributed by atoms with Crippen LogP contribution < -0.4 is 26.6 Å². The lowest BCUT2D eigenvalue weighted by molar-refractivity contribution is -0.149. The van der Waals surface area contributed by atoms with Gasteiger partial charge in [-0.25, -0.2) is 4.79 Å². The molecule has 6 N–H and O–H groups in total. The Labute approximate surface area is 352 Å². The van der Waals surface area contributed by atoms with Crippen molar-refractivity contribution in [1.82, 2.24) is 26.6 Å². The second-order valence-electron chi connectivity index (χ2n) is 15.6. The molecule has 1 aliphatic rings. The van der Waals surface area contributed by atoms with Gasteiger partial charge in [0.2, 0.25) is 29.4 Å². The molecule has 5 amide bonds. The number of carbonyl (C=O) groups excluding carboxylic acids is 7. The number of amides is 5. The van der Waals surface area contributed by atoms with Crippen LogP contribution in [0.5, 0.6) is 0 Å². The Bertz CT molecular complexity index is 1780. The quantitative estimate of drug-likeness (QED) is 0.0502. The lowest BCUT2D eigenvalue weighted by atomic mass is 9.83. The summed E-state index contributed by atoms with van der Waals surface area (Å²) in [5.74, 6) is -7.97. The van der Waals surface area contributed by atoms with Gasteiger partial charge in [-0.05, 0) is 62.0 Å². The van der Waals surface area contributed by atoms with Gasteiger partial charge in [0.25, 0.3) is 5.91 Å². The summed E-state index contributed by atoms with van der Waals surface area (Å²) in [5.41, 5.74) is 1.19. The molecule has 0 radical (unpaired) electrons. The molecule has 1 aliphatic carbocycles. The predicted octanol–water partition coefficient (Wildman–Crippen LogP) is 4.21. The Morgan fingerprint density at radius 2 is 1.43 bits per heavy atom. The van der Waals surface area contributed by atoms with Gasteiger partial charge in [0, 0.05) is 6.42 Å². The van der Waals surface area contributed by atoms with E-state index in [-0.39, 0.29) is 44.1 Å². The molecular weight excluding hydrogens is 771 g/mol. The number of Topliss-reactive ketones (excluding diaryl/α,β-unsaturated/α-hetero) is 1. The largest absolute Gasteiger partial charge is 0.481 e. The zero-order valence-electron chi connectivity index (χ0n) is 35.1. The fourth-order valence-corrected chi connectivity index (χ4v) is 7.04. The first kappa shape index (κ1) is 48.5. The summed E-state index contributed by atoms with van der Waals surface area (Å²) in [6.45, 7) is 6.53. The van der Waals surface area contributed by atoms with Gasteiger partial charge in [0.15, 0.2) is 6.04 Å². The Hall–Kier alpha value is -5.86. The highest BCUT2D eigenvalue weighted by Crippen LogP contribution is 2.27. The van der Waals surface area contributed by atoms with E-state index in [4.69, 9.17) is 4.74 Å². The molecule has 0 bridgehead atoms. The maximum absolute atomic E-state index is 13.9. The van der Waals surface area contributed by atoms with E-state index >= 15 is 0 Å². The first-order chi connectivity index (χ1) is 28.7. The van der Waals surface area contributed by atoms with Crippen molar-refractivity contribution >= 4 is 47.3 Å². The second kappa shape index (κ2) is 25.6. The fourth-order valence-electron chi connectivity index (χ4n) is 7.04. The highest BCUT2D eigenvalue weighted by molar-refractivity contribution is 6.38. The molecule has 15 nitrogen and oxygen atoms in total. The molecule has 2 unspecified atom stereocenters. The van der Waals surface area contributed by atoms with E-state index in [9.17, 15) is 43.5 Å². The van der Waals surface area contributed by atoms with E-state index in [1.54, 1.807) is 80.6 Å². The summed E-state index contributed by atoms with van der Waals surface area (Å²) in [6, 6.07) is 12.8. The first-order valence-electron chi connectivity index (χ1n) is 20.8. The Morgan fingerprint density at radius 3 is 2.03 bits per heavy atom. The SMILES string of the molecule is CC=CCC(CC(=O)N[C@H](C(=O)N[C@@H](CC(C)C)C(=O)NC(CCC)C(=O)C(=O)NCC(=O)N[C@H](C(=O)OCc1ccccc1)c1ccccc1)C1CCCCC1)C(=O)O. The monoisotopic (exact) mass is 831 g/mol. The van der Waals surface area contributed by atoms with Crippen molar-refractivity contribution in [1.29, 1.82) is 0 Å². The summed E-state index contributed by atoms with van der Waals surface area (Å²) in [4.78, 5) is 106. The van der Waals surface area contributed by atoms with Gasteiger partial charge < -0.3 is 36.4 Å². The van der Waals surface area contributed by atoms with Gasteiger partial charge in [-0.3, -0.25) is 33.6 Å². The number of rotatable bonds is 24. The van der Waals surface area contributed by atoms with E-state index in [1.807, 2.05) is 19.9 Å². The lowest BCUT2D eigenvalue weighted by Gasteiger charge is -2.32. The summed E-state index contributed by atoms with van der Waals surface area (Å²) >= 11 is 0. The standard InChI is InChI=1S/C45H61N5O10/c1-5-7-20-33(44(57)58)26-36(51)49-38(31-21-13-9-14-22-31)42(55)48-35(25-29(3)4)41(54)47-34(17-6-2)40(53)43(56)46-27-37(52)50-39(32-23-15-10-16-24-32)45(59)60-28-30-18-11-8-12-19-30/h5,7-8,10-12,15-16,18-19,23-24,29,31,33-35,38-39H,6,9,13-14,17,20-22,25-28H2,1-4H3,(H,46,56)(H,47,54)(H,48,55)(H,49,51)(H,50,52)(H,57,58)/t33?,34?,35-,38-,39-/m0/s1. The number of hydrogen-bond acceptors (Lipinski definition) is 9. The van der Waals surface area contributed by atoms with Gasteiger partial charge in [-0.15, -0.1) is 0 Å². The summed E-state index contributed by atoms with van der Waals surface area (Å²) < 4.78 is 5.46. The minimum Gasteiger partial charge on any atom is -0.481 e. The lowest BCUT2D eigenvalue weighted by Crippen LogP contribution is -2.58. The van der Waals surface area contributed by atoms with Gasteiger partial charge >= 0.3 is 11.9 Å². The van der Waals surface area contributed by atoms with Gasteiger partial charge in [-0.2, -0.15) is 0 Å². The molecule has 1 fully saturated rings. The van der Waals surface area contributed by atoms with Crippen LogP contribution in [-0.2, 0) is 49.7 Å². The molecule has 3 rings (SSSR count). The van der Waals surface area contributed by atoms with E-state index in [0.717, 1.165) is 24.8 Å². The summed E-state index contributed by atoms with van der Waals surface area (Å²) in [7, 11) is 0. The number of allylic oxidation sites excluding steroid dienone is 2. The first-order valence-corrected chi connectivity index (χ1v) is 20.8. The highest BCUT2D eigenvalue weighted by atomic mass is 16.5. The van der Waals surface area contributed by atoms with E-state index in [0.29, 0.717) is 24.8 Å². The molecule has 0 heterocycles. The zero-order valence-corrected chi connectivity index (χ0v) is 35.1. The van der Waals surface area contributed by atoms with Crippen molar-refractivity contribution < 1.29 is 48.2 Å². The molecule has 5 atom stereocenters.